The largest absolute Gasteiger partial charge is 0.126 e. The Bertz CT molecular complexity index is 310. The first kappa shape index (κ1) is 12.3. The van der Waals surface area contributed by atoms with Gasteiger partial charge in [-0.1, -0.05) is 30.3 Å². The van der Waals surface area contributed by atoms with Gasteiger partial charge in [0.2, 0.25) is 0 Å². The molecule has 0 spiro atoms. The molecule has 0 N–H and O–H groups in total. The number of rotatable bonds is 3. The molecular weight excluding hydrogens is 239 g/mol. The molecule has 0 amide bonds. The number of benzene rings is 1. The summed E-state index contributed by atoms with van der Waals surface area (Å²) in [6.07, 6.45) is 3.68. The monoisotopic (exact) mass is 256 g/mol. The van der Waals surface area contributed by atoms with Gasteiger partial charge in [0.1, 0.15) is 0 Å². The fraction of sp³-hybridized carbons (Fsp3) is 0.571. The fourth-order valence-electron chi connectivity index (χ4n) is 2.75. The molecule has 0 bridgehead atoms. The quantitative estimate of drug-likeness (QED) is 0.690. The van der Waals surface area contributed by atoms with Crippen LogP contribution < -0.4 is 0 Å². The Balaban J connectivity index is 2.05. The Labute approximate surface area is 108 Å². The highest BCUT2D eigenvalue weighted by atomic mass is 35.5. The summed E-state index contributed by atoms with van der Waals surface area (Å²) < 4.78 is 0. The van der Waals surface area contributed by atoms with E-state index < -0.39 is 0 Å². The van der Waals surface area contributed by atoms with Crippen LogP contribution in [-0.4, -0.2) is 11.8 Å². The maximum atomic E-state index is 6.05. The smallest absolute Gasteiger partial charge is 0.0255 e. The third-order valence-electron chi connectivity index (χ3n) is 3.81. The van der Waals surface area contributed by atoms with Gasteiger partial charge in [0.15, 0.2) is 0 Å². The van der Waals surface area contributed by atoms with E-state index in [-0.39, 0.29) is 0 Å². The lowest BCUT2D eigenvalue weighted by atomic mass is 9.73. The average molecular weight is 257 g/mol. The summed E-state index contributed by atoms with van der Waals surface area (Å²) >= 11 is 12.0. The first-order chi connectivity index (χ1) is 7.85. The van der Waals surface area contributed by atoms with Gasteiger partial charge in [-0.2, -0.15) is 0 Å². The van der Waals surface area contributed by atoms with Crippen LogP contribution in [0.1, 0.15) is 30.7 Å². The highest BCUT2D eigenvalue weighted by Gasteiger charge is 2.29. The van der Waals surface area contributed by atoms with Gasteiger partial charge in [-0.3, -0.25) is 0 Å². The molecular formula is C14H18Cl2. The molecule has 1 fully saturated rings. The van der Waals surface area contributed by atoms with E-state index >= 15 is 0 Å². The molecule has 0 heterocycles. The summed E-state index contributed by atoms with van der Waals surface area (Å²) in [7, 11) is 0. The number of halogens is 2. The molecule has 1 aromatic carbocycles. The summed E-state index contributed by atoms with van der Waals surface area (Å²) in [6, 6.07) is 10.8. The van der Waals surface area contributed by atoms with Crippen LogP contribution in [0, 0.1) is 11.8 Å². The van der Waals surface area contributed by atoms with Crippen molar-refractivity contribution in [2.75, 3.05) is 11.8 Å². The Morgan fingerprint density at radius 1 is 0.938 bits per heavy atom. The van der Waals surface area contributed by atoms with E-state index in [1.54, 1.807) is 0 Å². The van der Waals surface area contributed by atoms with Crippen molar-refractivity contribution < 1.29 is 0 Å². The van der Waals surface area contributed by atoms with Gasteiger partial charge in [-0.05, 0) is 42.6 Å². The van der Waals surface area contributed by atoms with E-state index in [1.807, 2.05) is 0 Å². The standard InChI is InChI=1S/C14H18Cl2/c15-9-13-7-6-12(8-14(13)10-16)11-4-2-1-3-5-11/h1-5,12-14H,6-10H2. The molecule has 0 nitrogen and oxygen atoms in total. The van der Waals surface area contributed by atoms with Gasteiger partial charge in [0.25, 0.3) is 0 Å². The SMILES string of the molecule is ClCC1CCC(c2ccccc2)CC1CCl. The van der Waals surface area contributed by atoms with Crippen molar-refractivity contribution in [1.29, 1.82) is 0 Å². The zero-order valence-electron chi connectivity index (χ0n) is 9.41. The molecule has 88 valence electrons. The van der Waals surface area contributed by atoms with Crippen LogP contribution in [-0.2, 0) is 0 Å². The fourth-order valence-corrected chi connectivity index (χ4v) is 3.53. The molecule has 1 aliphatic rings. The van der Waals surface area contributed by atoms with Crippen molar-refractivity contribution in [3.05, 3.63) is 35.9 Å². The van der Waals surface area contributed by atoms with Gasteiger partial charge >= 0.3 is 0 Å². The Morgan fingerprint density at radius 3 is 2.25 bits per heavy atom. The molecule has 0 radical (unpaired) electrons. The van der Waals surface area contributed by atoms with Crippen LogP contribution in [0.4, 0.5) is 0 Å². The van der Waals surface area contributed by atoms with E-state index in [0.29, 0.717) is 17.8 Å². The summed E-state index contributed by atoms with van der Waals surface area (Å²) in [6.45, 7) is 0. The zero-order chi connectivity index (χ0) is 11.4. The number of alkyl halides is 2. The van der Waals surface area contributed by atoms with E-state index in [2.05, 4.69) is 30.3 Å². The molecule has 1 aliphatic carbocycles. The molecule has 1 saturated carbocycles. The van der Waals surface area contributed by atoms with E-state index in [4.69, 9.17) is 23.2 Å². The lowest BCUT2D eigenvalue weighted by Crippen LogP contribution is -2.26. The molecule has 2 rings (SSSR count). The highest BCUT2D eigenvalue weighted by Crippen LogP contribution is 2.40. The van der Waals surface area contributed by atoms with E-state index in [0.717, 1.165) is 11.8 Å². The van der Waals surface area contributed by atoms with Crippen molar-refractivity contribution in [3.63, 3.8) is 0 Å². The first-order valence-corrected chi connectivity index (χ1v) is 7.09. The molecule has 16 heavy (non-hydrogen) atoms. The average Bonchev–Trinajstić information content (AvgIpc) is 2.39. The van der Waals surface area contributed by atoms with Crippen molar-refractivity contribution in [3.8, 4) is 0 Å². The molecule has 0 aliphatic heterocycles. The van der Waals surface area contributed by atoms with Crippen molar-refractivity contribution in [2.24, 2.45) is 11.8 Å². The van der Waals surface area contributed by atoms with Crippen LogP contribution in [0.3, 0.4) is 0 Å². The van der Waals surface area contributed by atoms with Gasteiger partial charge in [0.05, 0.1) is 0 Å². The minimum Gasteiger partial charge on any atom is -0.126 e. The molecule has 3 unspecified atom stereocenters. The number of hydrogen-bond acceptors (Lipinski definition) is 0. The lowest BCUT2D eigenvalue weighted by molar-refractivity contribution is 0.256. The zero-order valence-corrected chi connectivity index (χ0v) is 10.9. The molecule has 2 heteroatoms. The Morgan fingerprint density at radius 2 is 1.62 bits per heavy atom. The predicted octanol–water partition coefficient (Wildman–Crippen LogP) is 4.66. The first-order valence-electron chi connectivity index (χ1n) is 6.02. The normalized spacial score (nSPS) is 30.2. The Kier molecular flexibility index (Phi) is 4.55. The summed E-state index contributed by atoms with van der Waals surface area (Å²) in [5.74, 6) is 3.42. The summed E-state index contributed by atoms with van der Waals surface area (Å²) in [5, 5.41) is 0. The highest BCUT2D eigenvalue weighted by molar-refractivity contribution is 6.19. The minimum atomic E-state index is 0.595. The summed E-state index contributed by atoms with van der Waals surface area (Å²) in [5.41, 5.74) is 1.46. The van der Waals surface area contributed by atoms with Crippen molar-refractivity contribution in [2.45, 2.75) is 25.2 Å². The minimum absolute atomic E-state index is 0.595. The van der Waals surface area contributed by atoms with Gasteiger partial charge in [0, 0.05) is 11.8 Å². The van der Waals surface area contributed by atoms with E-state index in [9.17, 15) is 0 Å². The maximum Gasteiger partial charge on any atom is 0.0255 e. The van der Waals surface area contributed by atoms with Crippen LogP contribution in [0.2, 0.25) is 0 Å². The maximum absolute atomic E-state index is 6.05. The topological polar surface area (TPSA) is 0 Å². The molecule has 0 aromatic heterocycles. The second-order valence-electron chi connectivity index (χ2n) is 4.75. The van der Waals surface area contributed by atoms with Gasteiger partial charge in [-0.15, -0.1) is 23.2 Å². The summed E-state index contributed by atoms with van der Waals surface area (Å²) in [4.78, 5) is 0. The molecule has 3 atom stereocenters. The third kappa shape index (κ3) is 2.73. The van der Waals surface area contributed by atoms with Crippen molar-refractivity contribution >= 4 is 23.2 Å². The van der Waals surface area contributed by atoms with Gasteiger partial charge < -0.3 is 0 Å². The van der Waals surface area contributed by atoms with Crippen LogP contribution in [0.15, 0.2) is 30.3 Å². The van der Waals surface area contributed by atoms with Crippen LogP contribution in [0.25, 0.3) is 0 Å². The van der Waals surface area contributed by atoms with Crippen LogP contribution in [0.5, 0.6) is 0 Å². The van der Waals surface area contributed by atoms with E-state index in [1.165, 1.54) is 24.8 Å². The van der Waals surface area contributed by atoms with Crippen molar-refractivity contribution in [1.82, 2.24) is 0 Å². The predicted molar refractivity (Wildman–Crippen MR) is 71.5 cm³/mol. The second-order valence-corrected chi connectivity index (χ2v) is 5.37. The second kappa shape index (κ2) is 5.93. The molecule has 1 aromatic rings. The number of hydrogen-bond donors (Lipinski definition) is 0. The third-order valence-corrected chi connectivity index (χ3v) is 4.60. The molecule has 0 saturated heterocycles. The van der Waals surface area contributed by atoms with Crippen LogP contribution >= 0.6 is 23.2 Å². The van der Waals surface area contributed by atoms with Gasteiger partial charge in [-0.25, -0.2) is 0 Å². The lowest BCUT2D eigenvalue weighted by Gasteiger charge is -2.34. The Hall–Kier alpha value is -0.200.